The van der Waals surface area contributed by atoms with Crippen LogP contribution in [0.2, 0.25) is 0 Å². The van der Waals surface area contributed by atoms with E-state index in [-0.39, 0.29) is 5.75 Å². The number of guanidine groups is 1. The lowest BCUT2D eigenvalue weighted by Crippen LogP contribution is -2.37. The minimum atomic E-state index is 0.235. The first kappa shape index (κ1) is 17.6. The van der Waals surface area contributed by atoms with Gasteiger partial charge in [-0.15, -0.1) is 11.3 Å². The summed E-state index contributed by atoms with van der Waals surface area (Å²) in [5.74, 6) is 1.71. The third kappa shape index (κ3) is 4.87. The van der Waals surface area contributed by atoms with Gasteiger partial charge in [0.25, 0.3) is 0 Å². The SMILES string of the molecule is CN=C(NCc1cc(OC)ccc1O)N(C)Cc1ccc(Br)s1. The fourth-order valence-corrected chi connectivity index (χ4v) is 3.67. The van der Waals surface area contributed by atoms with Crippen molar-refractivity contribution in [1.29, 1.82) is 0 Å². The number of hydrogen-bond donors (Lipinski definition) is 2. The molecular weight excluding hydrogens is 378 g/mol. The van der Waals surface area contributed by atoms with E-state index >= 15 is 0 Å². The molecule has 7 heteroatoms. The van der Waals surface area contributed by atoms with Gasteiger partial charge in [-0.3, -0.25) is 4.99 Å². The lowest BCUT2D eigenvalue weighted by molar-refractivity contribution is 0.410. The zero-order valence-electron chi connectivity index (χ0n) is 13.3. The maximum Gasteiger partial charge on any atom is 0.193 e. The van der Waals surface area contributed by atoms with E-state index in [4.69, 9.17) is 4.74 Å². The van der Waals surface area contributed by atoms with Crippen molar-refractivity contribution in [3.05, 3.63) is 44.6 Å². The molecule has 0 unspecified atom stereocenters. The second-order valence-electron chi connectivity index (χ2n) is 4.96. The molecule has 0 spiro atoms. The van der Waals surface area contributed by atoms with Gasteiger partial charge in [-0.05, 0) is 46.3 Å². The summed E-state index contributed by atoms with van der Waals surface area (Å²) in [5.41, 5.74) is 0.762. The summed E-state index contributed by atoms with van der Waals surface area (Å²) < 4.78 is 6.31. The Morgan fingerprint density at radius 3 is 2.78 bits per heavy atom. The van der Waals surface area contributed by atoms with E-state index in [2.05, 4.69) is 32.3 Å². The van der Waals surface area contributed by atoms with E-state index in [1.165, 1.54) is 4.88 Å². The van der Waals surface area contributed by atoms with Crippen LogP contribution in [0, 0.1) is 0 Å². The number of aromatic hydroxyl groups is 1. The van der Waals surface area contributed by atoms with Gasteiger partial charge in [-0.1, -0.05) is 0 Å². The lowest BCUT2D eigenvalue weighted by atomic mass is 10.2. The molecule has 0 aliphatic rings. The minimum Gasteiger partial charge on any atom is -0.508 e. The van der Waals surface area contributed by atoms with Crippen molar-refractivity contribution < 1.29 is 9.84 Å². The van der Waals surface area contributed by atoms with Gasteiger partial charge in [-0.25, -0.2) is 0 Å². The quantitative estimate of drug-likeness (QED) is 0.599. The highest BCUT2D eigenvalue weighted by atomic mass is 79.9. The molecular formula is C16H20BrN3O2S. The molecule has 2 N–H and O–H groups in total. The van der Waals surface area contributed by atoms with E-state index in [1.807, 2.05) is 24.1 Å². The maximum absolute atomic E-state index is 9.94. The van der Waals surface area contributed by atoms with Gasteiger partial charge in [0.15, 0.2) is 5.96 Å². The number of nitrogens with zero attached hydrogens (tertiary/aromatic N) is 2. The van der Waals surface area contributed by atoms with E-state index in [9.17, 15) is 5.11 Å². The standard InChI is InChI=1S/C16H20BrN3O2S/c1-18-16(20(2)10-13-5-7-15(17)23-13)19-9-11-8-12(22-3)4-6-14(11)21/h4-8,21H,9-10H2,1-3H3,(H,18,19). The first-order chi connectivity index (χ1) is 11.0. The summed E-state index contributed by atoms with van der Waals surface area (Å²) in [5, 5.41) is 13.2. The number of thiophene rings is 1. The summed E-state index contributed by atoms with van der Waals surface area (Å²) in [4.78, 5) is 7.57. The Bertz CT molecular complexity index is 688. The predicted molar refractivity (Wildman–Crippen MR) is 98.3 cm³/mol. The second kappa shape index (κ2) is 8.21. The van der Waals surface area contributed by atoms with Crippen LogP contribution in [0.15, 0.2) is 39.1 Å². The second-order valence-corrected chi connectivity index (χ2v) is 7.50. The van der Waals surface area contributed by atoms with Gasteiger partial charge in [0.2, 0.25) is 0 Å². The summed E-state index contributed by atoms with van der Waals surface area (Å²) in [7, 11) is 5.33. The number of hydrogen-bond acceptors (Lipinski definition) is 4. The number of methoxy groups -OCH3 is 1. The summed E-state index contributed by atoms with van der Waals surface area (Å²) >= 11 is 5.18. The Balaban J connectivity index is 1.99. The maximum atomic E-state index is 9.94. The molecule has 0 radical (unpaired) electrons. The van der Waals surface area contributed by atoms with Crippen LogP contribution in [0.25, 0.3) is 0 Å². The van der Waals surface area contributed by atoms with Gasteiger partial charge in [0.1, 0.15) is 11.5 Å². The molecule has 2 aromatic rings. The zero-order chi connectivity index (χ0) is 16.8. The van der Waals surface area contributed by atoms with E-state index in [1.54, 1.807) is 37.6 Å². The molecule has 0 bridgehead atoms. The summed E-state index contributed by atoms with van der Waals surface area (Å²) in [6.45, 7) is 1.23. The van der Waals surface area contributed by atoms with E-state index < -0.39 is 0 Å². The molecule has 0 saturated carbocycles. The summed E-state index contributed by atoms with van der Waals surface area (Å²) in [6.07, 6.45) is 0. The smallest absolute Gasteiger partial charge is 0.193 e. The predicted octanol–water partition coefficient (Wildman–Crippen LogP) is 3.43. The van der Waals surface area contributed by atoms with Crippen molar-refractivity contribution >= 4 is 33.2 Å². The fourth-order valence-electron chi connectivity index (χ4n) is 2.13. The first-order valence-corrected chi connectivity index (χ1v) is 8.66. The topological polar surface area (TPSA) is 57.1 Å². The highest BCUT2D eigenvalue weighted by Gasteiger charge is 2.10. The van der Waals surface area contributed by atoms with Crippen LogP contribution in [0.3, 0.4) is 0 Å². The van der Waals surface area contributed by atoms with Crippen molar-refractivity contribution in [2.24, 2.45) is 4.99 Å². The van der Waals surface area contributed by atoms with Crippen LogP contribution in [0.1, 0.15) is 10.4 Å². The first-order valence-electron chi connectivity index (χ1n) is 7.05. The number of phenols is 1. The molecule has 1 heterocycles. The van der Waals surface area contributed by atoms with Crippen LogP contribution in [0.4, 0.5) is 0 Å². The van der Waals surface area contributed by atoms with E-state index in [0.29, 0.717) is 12.3 Å². The average molecular weight is 398 g/mol. The van der Waals surface area contributed by atoms with Crippen LogP contribution in [0.5, 0.6) is 11.5 Å². The van der Waals surface area contributed by atoms with Gasteiger partial charge < -0.3 is 20.1 Å². The third-order valence-corrected chi connectivity index (χ3v) is 4.93. The largest absolute Gasteiger partial charge is 0.508 e. The van der Waals surface area contributed by atoms with Crippen LogP contribution >= 0.6 is 27.3 Å². The molecule has 0 fully saturated rings. The number of ether oxygens (including phenoxy) is 1. The molecule has 0 saturated heterocycles. The zero-order valence-corrected chi connectivity index (χ0v) is 15.7. The highest BCUT2D eigenvalue weighted by Crippen LogP contribution is 2.24. The van der Waals surface area contributed by atoms with Gasteiger partial charge in [-0.2, -0.15) is 0 Å². The van der Waals surface area contributed by atoms with Crippen LogP contribution in [-0.2, 0) is 13.1 Å². The lowest BCUT2D eigenvalue weighted by Gasteiger charge is -2.21. The van der Waals surface area contributed by atoms with Crippen molar-refractivity contribution in [3.63, 3.8) is 0 Å². The van der Waals surface area contributed by atoms with Gasteiger partial charge in [0.05, 0.1) is 17.4 Å². The molecule has 0 atom stereocenters. The highest BCUT2D eigenvalue weighted by molar-refractivity contribution is 9.11. The summed E-state index contributed by atoms with van der Waals surface area (Å²) in [6, 6.07) is 9.30. The number of nitrogens with one attached hydrogen (secondary N) is 1. The number of halogens is 1. The Kier molecular flexibility index (Phi) is 6.29. The Morgan fingerprint density at radius 2 is 2.17 bits per heavy atom. The molecule has 2 rings (SSSR count). The van der Waals surface area contributed by atoms with Crippen molar-refractivity contribution in [1.82, 2.24) is 10.2 Å². The van der Waals surface area contributed by atoms with Crippen molar-refractivity contribution in [2.75, 3.05) is 21.2 Å². The molecule has 1 aromatic carbocycles. The van der Waals surface area contributed by atoms with E-state index in [0.717, 1.165) is 21.9 Å². The molecule has 124 valence electrons. The third-order valence-electron chi connectivity index (χ3n) is 3.32. The average Bonchev–Trinajstić information content (AvgIpc) is 2.94. The number of aliphatic imine (C=N–C) groups is 1. The van der Waals surface area contributed by atoms with Crippen LogP contribution in [-0.4, -0.2) is 37.2 Å². The minimum absolute atomic E-state index is 0.235. The normalized spacial score (nSPS) is 11.4. The van der Waals surface area contributed by atoms with Gasteiger partial charge >= 0.3 is 0 Å². The molecule has 0 aliphatic heterocycles. The van der Waals surface area contributed by atoms with Crippen molar-refractivity contribution in [3.8, 4) is 11.5 Å². The Hall–Kier alpha value is -1.73. The molecule has 1 aromatic heterocycles. The fraction of sp³-hybridized carbons (Fsp3) is 0.312. The number of phenolic OH excluding ortho intramolecular Hbond substituents is 1. The Morgan fingerprint density at radius 1 is 1.39 bits per heavy atom. The van der Waals surface area contributed by atoms with Gasteiger partial charge in [0, 0.05) is 31.1 Å². The number of rotatable bonds is 5. The molecule has 5 nitrogen and oxygen atoms in total. The number of benzene rings is 1. The van der Waals surface area contributed by atoms with Crippen molar-refractivity contribution in [2.45, 2.75) is 13.1 Å². The Labute approximate surface area is 148 Å². The monoisotopic (exact) mass is 397 g/mol. The molecule has 0 amide bonds. The molecule has 0 aliphatic carbocycles. The van der Waals surface area contributed by atoms with Crippen LogP contribution < -0.4 is 10.1 Å². The molecule has 23 heavy (non-hydrogen) atoms.